The molecule has 0 atom stereocenters. The summed E-state index contributed by atoms with van der Waals surface area (Å²) in [7, 11) is 1.73. The van der Waals surface area contributed by atoms with E-state index in [4.69, 9.17) is 9.84 Å². The van der Waals surface area contributed by atoms with Crippen LogP contribution in [-0.4, -0.2) is 64.5 Å². The molecule has 1 aliphatic heterocycles. The van der Waals surface area contributed by atoms with Crippen LogP contribution in [0.15, 0.2) is 54.9 Å². The molecule has 1 saturated heterocycles. The molecule has 2 aromatic heterocycles. The van der Waals surface area contributed by atoms with E-state index in [1.807, 2.05) is 41.3 Å². The smallest absolute Gasteiger partial charge is 0.225 e. The van der Waals surface area contributed by atoms with Crippen molar-refractivity contribution in [2.75, 3.05) is 44.7 Å². The molecule has 0 unspecified atom stereocenters. The van der Waals surface area contributed by atoms with Crippen LogP contribution < -0.4 is 4.90 Å². The van der Waals surface area contributed by atoms with Crippen LogP contribution in [0.1, 0.15) is 24.2 Å². The molecule has 7 nitrogen and oxygen atoms in total. The lowest BCUT2D eigenvalue weighted by molar-refractivity contribution is 0.179. The van der Waals surface area contributed by atoms with Gasteiger partial charge in [0.2, 0.25) is 5.95 Å². The summed E-state index contributed by atoms with van der Waals surface area (Å²) in [4.78, 5) is 13.5. The molecule has 0 bridgehead atoms. The van der Waals surface area contributed by atoms with Crippen molar-refractivity contribution in [1.29, 1.82) is 0 Å². The van der Waals surface area contributed by atoms with E-state index in [0.29, 0.717) is 6.61 Å². The number of hydrogen-bond acceptors (Lipinski definition) is 6. The minimum atomic E-state index is 0.567. The number of methoxy groups -OCH3 is 1. The molecule has 3 aromatic rings. The zero-order valence-corrected chi connectivity index (χ0v) is 17.7. The first kappa shape index (κ1) is 20.5. The van der Waals surface area contributed by atoms with Crippen LogP contribution in [0.5, 0.6) is 0 Å². The first-order chi connectivity index (χ1) is 14.8. The molecule has 1 aromatic carbocycles. The molecule has 158 valence electrons. The molecule has 0 aliphatic carbocycles. The summed E-state index contributed by atoms with van der Waals surface area (Å²) >= 11 is 0. The summed E-state index contributed by atoms with van der Waals surface area (Å²) < 4.78 is 7.37. The van der Waals surface area contributed by atoms with Crippen molar-refractivity contribution in [1.82, 2.24) is 24.6 Å². The number of unbranched alkanes of at least 4 members (excludes halogenated alkanes) is 1. The first-order valence-corrected chi connectivity index (χ1v) is 10.7. The second-order valence-corrected chi connectivity index (χ2v) is 7.64. The molecular formula is C23H30N6O. The monoisotopic (exact) mass is 406 g/mol. The number of anilines is 1. The molecule has 0 saturated carbocycles. The largest absolute Gasteiger partial charge is 0.378 e. The Bertz CT molecular complexity index is 891. The Morgan fingerprint density at radius 1 is 0.933 bits per heavy atom. The number of aromatic nitrogens is 4. The normalized spacial score (nSPS) is 14.9. The maximum atomic E-state index is 5.37. The molecule has 0 radical (unpaired) electrons. The Morgan fingerprint density at radius 3 is 2.43 bits per heavy atom. The molecule has 0 N–H and O–H groups in total. The van der Waals surface area contributed by atoms with Crippen molar-refractivity contribution < 1.29 is 4.74 Å². The highest BCUT2D eigenvalue weighted by Gasteiger charge is 2.18. The number of para-hydroxylation sites is 1. The maximum Gasteiger partial charge on any atom is 0.225 e. The highest BCUT2D eigenvalue weighted by molar-refractivity contribution is 5.33. The third-order valence-corrected chi connectivity index (χ3v) is 5.49. The number of benzene rings is 1. The van der Waals surface area contributed by atoms with E-state index >= 15 is 0 Å². The van der Waals surface area contributed by atoms with Crippen LogP contribution >= 0.6 is 0 Å². The highest BCUT2D eigenvalue weighted by Crippen LogP contribution is 2.16. The Labute approximate surface area is 178 Å². The van der Waals surface area contributed by atoms with Gasteiger partial charge >= 0.3 is 0 Å². The van der Waals surface area contributed by atoms with Crippen LogP contribution in [0.4, 0.5) is 5.95 Å². The molecular weight excluding hydrogens is 376 g/mol. The number of hydrogen-bond donors (Lipinski definition) is 0. The standard InChI is InChI=1S/C23H30N6O/c1-30-19-22-18-20(26-29(22)21-9-3-2-4-10-21)8-5-6-13-27-14-16-28(17-15-27)23-24-11-7-12-25-23/h2-4,7,9-12,18H,5-6,8,13-17,19H2,1H3. The van der Waals surface area contributed by atoms with Crippen molar-refractivity contribution >= 4 is 5.95 Å². The highest BCUT2D eigenvalue weighted by atomic mass is 16.5. The van der Waals surface area contributed by atoms with Gasteiger partial charge in [0.1, 0.15) is 0 Å². The molecule has 1 fully saturated rings. The van der Waals surface area contributed by atoms with Gasteiger partial charge in [0, 0.05) is 45.7 Å². The summed E-state index contributed by atoms with van der Waals surface area (Å²) in [5.41, 5.74) is 3.31. The fourth-order valence-electron chi connectivity index (χ4n) is 3.91. The van der Waals surface area contributed by atoms with Crippen LogP contribution in [0.3, 0.4) is 0 Å². The zero-order chi connectivity index (χ0) is 20.6. The zero-order valence-electron chi connectivity index (χ0n) is 17.7. The maximum absolute atomic E-state index is 5.37. The molecule has 3 heterocycles. The van der Waals surface area contributed by atoms with Crippen molar-refractivity contribution in [2.45, 2.75) is 25.9 Å². The van der Waals surface area contributed by atoms with E-state index < -0.39 is 0 Å². The van der Waals surface area contributed by atoms with Gasteiger partial charge in [-0.2, -0.15) is 5.10 Å². The molecule has 30 heavy (non-hydrogen) atoms. The van der Waals surface area contributed by atoms with Gasteiger partial charge in [-0.1, -0.05) is 18.2 Å². The van der Waals surface area contributed by atoms with E-state index in [1.165, 1.54) is 6.42 Å². The van der Waals surface area contributed by atoms with Gasteiger partial charge in [-0.25, -0.2) is 14.6 Å². The minimum Gasteiger partial charge on any atom is -0.378 e. The number of nitrogens with zero attached hydrogens (tertiary/aromatic N) is 6. The fourth-order valence-corrected chi connectivity index (χ4v) is 3.91. The third-order valence-electron chi connectivity index (χ3n) is 5.49. The molecule has 1 aliphatic rings. The van der Waals surface area contributed by atoms with Gasteiger partial charge in [-0.3, -0.25) is 4.90 Å². The minimum absolute atomic E-state index is 0.567. The number of ether oxygens (including phenoxy) is 1. The Balaban J connectivity index is 1.23. The van der Waals surface area contributed by atoms with E-state index in [1.54, 1.807) is 7.11 Å². The van der Waals surface area contributed by atoms with Crippen LogP contribution in [0, 0.1) is 0 Å². The predicted molar refractivity (Wildman–Crippen MR) is 118 cm³/mol. The third kappa shape index (κ3) is 5.23. The van der Waals surface area contributed by atoms with Crippen molar-refractivity contribution in [3.63, 3.8) is 0 Å². The number of aryl methyl sites for hydroxylation is 1. The summed E-state index contributed by atoms with van der Waals surface area (Å²) in [6.07, 6.45) is 6.94. The predicted octanol–water partition coefficient (Wildman–Crippen LogP) is 2.95. The summed E-state index contributed by atoms with van der Waals surface area (Å²) in [5, 5.41) is 4.83. The van der Waals surface area contributed by atoms with E-state index in [-0.39, 0.29) is 0 Å². The summed E-state index contributed by atoms with van der Waals surface area (Å²) in [6, 6.07) is 14.3. The van der Waals surface area contributed by atoms with Crippen LogP contribution in [0.2, 0.25) is 0 Å². The van der Waals surface area contributed by atoms with Crippen molar-refractivity contribution in [3.8, 4) is 5.69 Å². The van der Waals surface area contributed by atoms with E-state index in [9.17, 15) is 0 Å². The molecule has 7 heteroatoms. The molecule has 0 amide bonds. The van der Waals surface area contributed by atoms with E-state index in [0.717, 1.165) is 68.6 Å². The summed E-state index contributed by atoms with van der Waals surface area (Å²) in [6.45, 7) is 5.82. The topological polar surface area (TPSA) is 59.3 Å². The summed E-state index contributed by atoms with van der Waals surface area (Å²) in [5.74, 6) is 0.845. The van der Waals surface area contributed by atoms with Crippen molar-refractivity contribution in [3.05, 3.63) is 66.2 Å². The lowest BCUT2D eigenvalue weighted by atomic mass is 10.1. The lowest BCUT2D eigenvalue weighted by Gasteiger charge is -2.34. The Morgan fingerprint density at radius 2 is 1.70 bits per heavy atom. The van der Waals surface area contributed by atoms with Crippen molar-refractivity contribution in [2.24, 2.45) is 0 Å². The average molecular weight is 407 g/mol. The van der Waals surface area contributed by atoms with Gasteiger partial charge in [-0.05, 0) is 50.1 Å². The van der Waals surface area contributed by atoms with Gasteiger partial charge in [0.15, 0.2) is 0 Å². The second kappa shape index (κ2) is 10.3. The number of rotatable bonds is 9. The van der Waals surface area contributed by atoms with Crippen LogP contribution in [-0.2, 0) is 17.8 Å². The molecule has 4 rings (SSSR count). The van der Waals surface area contributed by atoms with Gasteiger partial charge in [0.05, 0.1) is 23.7 Å². The average Bonchev–Trinajstić information content (AvgIpc) is 3.21. The second-order valence-electron chi connectivity index (χ2n) is 7.64. The SMILES string of the molecule is COCc1cc(CCCCN2CCN(c3ncccn3)CC2)nn1-c1ccccc1. The fraction of sp³-hybridized carbons (Fsp3) is 0.435. The van der Waals surface area contributed by atoms with Gasteiger partial charge < -0.3 is 9.64 Å². The first-order valence-electron chi connectivity index (χ1n) is 10.7. The quantitative estimate of drug-likeness (QED) is 0.509. The van der Waals surface area contributed by atoms with Gasteiger partial charge in [0.25, 0.3) is 0 Å². The lowest BCUT2D eigenvalue weighted by Crippen LogP contribution is -2.47. The van der Waals surface area contributed by atoms with Gasteiger partial charge in [-0.15, -0.1) is 0 Å². The molecule has 0 spiro atoms. The van der Waals surface area contributed by atoms with Crippen LogP contribution in [0.25, 0.3) is 5.69 Å². The van der Waals surface area contributed by atoms with E-state index in [2.05, 4.69) is 38.0 Å². The Kier molecular flexibility index (Phi) is 7.05. The number of piperazine rings is 1. The Hall–Kier alpha value is -2.77.